The molecule has 0 spiro atoms. The highest BCUT2D eigenvalue weighted by molar-refractivity contribution is 5.89. The normalized spacial score (nSPS) is 21.0. The lowest BCUT2D eigenvalue weighted by Gasteiger charge is -2.37. The van der Waals surface area contributed by atoms with Crippen LogP contribution in [-0.4, -0.2) is 104 Å². The van der Waals surface area contributed by atoms with Crippen LogP contribution in [0.2, 0.25) is 0 Å². The van der Waals surface area contributed by atoms with E-state index in [4.69, 9.17) is 9.47 Å². The zero-order chi connectivity index (χ0) is 24.7. The van der Waals surface area contributed by atoms with Crippen LogP contribution in [0.3, 0.4) is 0 Å². The number of nitrogens with zero attached hydrogens (tertiary/aromatic N) is 6. The van der Waals surface area contributed by atoms with Gasteiger partial charge in [-0.15, -0.1) is 10.2 Å². The second-order valence-electron chi connectivity index (χ2n) is 9.53. The molecule has 5 rings (SSSR count). The standard InChI is InChI=1S/C26H37N7O3/c1-2-35-22-7-5-21(6-8-22)27-26(34)33-17-15-32(16-18-33)25-10-9-24(28-29-25)31-13-11-30(12-14-31)20-23-4-3-19-36-23/h5-10,23H,2-4,11-20H2,1H3,(H,27,34). The van der Waals surface area contributed by atoms with Crippen LogP contribution in [0.25, 0.3) is 0 Å². The zero-order valence-electron chi connectivity index (χ0n) is 21.1. The number of hydrogen-bond acceptors (Lipinski definition) is 8. The molecule has 194 valence electrons. The van der Waals surface area contributed by atoms with Crippen molar-refractivity contribution in [3.05, 3.63) is 36.4 Å². The summed E-state index contributed by atoms with van der Waals surface area (Å²) < 4.78 is 11.2. The van der Waals surface area contributed by atoms with E-state index in [9.17, 15) is 4.79 Å². The highest BCUT2D eigenvalue weighted by atomic mass is 16.5. The number of amides is 2. The predicted octanol–water partition coefficient (Wildman–Crippen LogP) is 2.53. The van der Waals surface area contributed by atoms with E-state index in [-0.39, 0.29) is 6.03 Å². The molecule has 3 aliphatic heterocycles. The van der Waals surface area contributed by atoms with Crippen molar-refractivity contribution in [1.29, 1.82) is 0 Å². The fourth-order valence-corrected chi connectivity index (χ4v) is 5.03. The Morgan fingerprint density at radius 3 is 2.14 bits per heavy atom. The first-order valence-corrected chi connectivity index (χ1v) is 13.1. The average Bonchev–Trinajstić information content (AvgIpc) is 3.44. The van der Waals surface area contributed by atoms with Crippen molar-refractivity contribution < 1.29 is 14.3 Å². The molecule has 0 radical (unpaired) electrons. The lowest BCUT2D eigenvalue weighted by Crippen LogP contribution is -2.50. The summed E-state index contributed by atoms with van der Waals surface area (Å²) in [5, 5.41) is 12.0. The Kier molecular flexibility index (Phi) is 8.02. The minimum atomic E-state index is -0.0844. The van der Waals surface area contributed by atoms with Gasteiger partial charge in [0.2, 0.25) is 0 Å². The van der Waals surface area contributed by atoms with E-state index in [0.29, 0.717) is 25.8 Å². The van der Waals surface area contributed by atoms with Crippen molar-refractivity contribution in [2.75, 3.05) is 87.2 Å². The Bertz CT molecular complexity index is 966. The Hall–Kier alpha value is -3.11. The summed E-state index contributed by atoms with van der Waals surface area (Å²) in [7, 11) is 0. The fraction of sp³-hybridized carbons (Fsp3) is 0.577. The Morgan fingerprint density at radius 2 is 1.58 bits per heavy atom. The molecule has 36 heavy (non-hydrogen) atoms. The molecule has 10 heteroatoms. The van der Waals surface area contributed by atoms with Crippen molar-refractivity contribution in [3.63, 3.8) is 0 Å². The van der Waals surface area contributed by atoms with Gasteiger partial charge in [0.25, 0.3) is 0 Å². The first-order chi connectivity index (χ1) is 17.7. The van der Waals surface area contributed by atoms with Crippen molar-refractivity contribution in [3.8, 4) is 5.75 Å². The number of benzene rings is 1. The largest absolute Gasteiger partial charge is 0.494 e. The number of piperazine rings is 2. The average molecular weight is 496 g/mol. The maximum Gasteiger partial charge on any atom is 0.321 e. The third-order valence-electron chi connectivity index (χ3n) is 7.13. The highest BCUT2D eigenvalue weighted by Crippen LogP contribution is 2.20. The van der Waals surface area contributed by atoms with Crippen LogP contribution in [-0.2, 0) is 4.74 Å². The number of nitrogens with one attached hydrogen (secondary N) is 1. The molecule has 0 aliphatic carbocycles. The van der Waals surface area contributed by atoms with Gasteiger partial charge in [-0.3, -0.25) is 4.90 Å². The third kappa shape index (κ3) is 6.17. The number of urea groups is 1. The number of aromatic nitrogens is 2. The van der Waals surface area contributed by atoms with Crippen LogP contribution < -0.4 is 19.9 Å². The molecule has 1 atom stereocenters. The molecule has 3 aliphatic rings. The maximum absolute atomic E-state index is 12.7. The van der Waals surface area contributed by atoms with E-state index in [1.54, 1.807) is 0 Å². The van der Waals surface area contributed by atoms with Gasteiger partial charge in [0.1, 0.15) is 5.75 Å². The number of carbonyl (C=O) groups is 1. The minimum Gasteiger partial charge on any atom is -0.494 e. The second kappa shape index (κ2) is 11.7. The van der Waals surface area contributed by atoms with Gasteiger partial charge in [0.15, 0.2) is 11.6 Å². The third-order valence-corrected chi connectivity index (χ3v) is 7.13. The van der Waals surface area contributed by atoms with Crippen molar-refractivity contribution in [2.24, 2.45) is 0 Å². The monoisotopic (exact) mass is 495 g/mol. The van der Waals surface area contributed by atoms with Gasteiger partial charge < -0.3 is 29.5 Å². The molecule has 4 heterocycles. The highest BCUT2D eigenvalue weighted by Gasteiger charge is 2.25. The number of ether oxygens (including phenoxy) is 2. The molecular formula is C26H37N7O3. The topological polar surface area (TPSA) is 86.3 Å². The molecule has 2 aromatic rings. The van der Waals surface area contributed by atoms with Crippen molar-refractivity contribution in [2.45, 2.75) is 25.9 Å². The number of carbonyl (C=O) groups excluding carboxylic acids is 1. The van der Waals surface area contributed by atoms with Gasteiger partial charge in [-0.2, -0.15) is 0 Å². The molecule has 1 unspecified atom stereocenters. The summed E-state index contributed by atoms with van der Waals surface area (Å²) >= 11 is 0. The van der Waals surface area contributed by atoms with Gasteiger partial charge in [0, 0.05) is 71.2 Å². The molecule has 1 aromatic heterocycles. The maximum atomic E-state index is 12.7. The van der Waals surface area contributed by atoms with Gasteiger partial charge in [-0.1, -0.05) is 0 Å². The van der Waals surface area contributed by atoms with E-state index in [1.165, 1.54) is 12.8 Å². The molecule has 10 nitrogen and oxygen atoms in total. The number of hydrogen-bond donors (Lipinski definition) is 1. The van der Waals surface area contributed by atoms with E-state index in [0.717, 1.165) is 75.5 Å². The van der Waals surface area contributed by atoms with Gasteiger partial charge in [-0.05, 0) is 56.2 Å². The second-order valence-corrected chi connectivity index (χ2v) is 9.53. The lowest BCUT2D eigenvalue weighted by molar-refractivity contribution is 0.0712. The quantitative estimate of drug-likeness (QED) is 0.627. The van der Waals surface area contributed by atoms with E-state index in [2.05, 4.69) is 42.3 Å². The SMILES string of the molecule is CCOc1ccc(NC(=O)N2CCN(c3ccc(N4CCN(CC5CCCO5)CC4)nn3)CC2)cc1. The van der Waals surface area contributed by atoms with E-state index in [1.807, 2.05) is 36.1 Å². The predicted molar refractivity (Wildman–Crippen MR) is 140 cm³/mol. The Morgan fingerprint density at radius 1 is 0.944 bits per heavy atom. The van der Waals surface area contributed by atoms with E-state index >= 15 is 0 Å². The Balaban J connectivity index is 1.06. The smallest absolute Gasteiger partial charge is 0.321 e. The molecule has 3 saturated heterocycles. The van der Waals surface area contributed by atoms with Crippen LogP contribution in [0.4, 0.5) is 22.1 Å². The number of anilines is 3. The van der Waals surface area contributed by atoms with Gasteiger partial charge in [0.05, 0.1) is 12.7 Å². The summed E-state index contributed by atoms with van der Waals surface area (Å²) in [5.41, 5.74) is 0.764. The van der Waals surface area contributed by atoms with Crippen LogP contribution in [0.5, 0.6) is 5.75 Å². The molecule has 0 bridgehead atoms. The molecule has 1 aromatic carbocycles. The first kappa shape index (κ1) is 24.6. The summed E-state index contributed by atoms with van der Waals surface area (Å²) in [5.74, 6) is 2.60. The van der Waals surface area contributed by atoms with Crippen LogP contribution in [0.1, 0.15) is 19.8 Å². The van der Waals surface area contributed by atoms with Crippen LogP contribution >= 0.6 is 0 Å². The van der Waals surface area contributed by atoms with E-state index < -0.39 is 0 Å². The Labute approximate surface area is 213 Å². The summed E-state index contributed by atoms with van der Waals surface area (Å²) in [6, 6.07) is 11.5. The minimum absolute atomic E-state index is 0.0844. The molecule has 0 saturated carbocycles. The summed E-state index contributed by atoms with van der Waals surface area (Å²) in [6.45, 7) is 11.2. The first-order valence-electron chi connectivity index (χ1n) is 13.1. The lowest BCUT2D eigenvalue weighted by atomic mass is 10.2. The van der Waals surface area contributed by atoms with Gasteiger partial charge >= 0.3 is 6.03 Å². The molecule has 3 fully saturated rings. The summed E-state index contributed by atoms with van der Waals surface area (Å²) in [6.07, 6.45) is 2.79. The van der Waals surface area contributed by atoms with Gasteiger partial charge in [-0.25, -0.2) is 4.79 Å². The van der Waals surface area contributed by atoms with Crippen molar-refractivity contribution >= 4 is 23.4 Å². The number of rotatable bonds is 7. The zero-order valence-corrected chi connectivity index (χ0v) is 21.1. The van der Waals surface area contributed by atoms with Crippen LogP contribution in [0, 0.1) is 0 Å². The van der Waals surface area contributed by atoms with Crippen molar-refractivity contribution in [1.82, 2.24) is 20.0 Å². The molecule has 1 N–H and O–H groups in total. The van der Waals surface area contributed by atoms with Crippen LogP contribution in [0.15, 0.2) is 36.4 Å². The molecular weight excluding hydrogens is 458 g/mol. The molecule has 2 amide bonds. The fourth-order valence-electron chi connectivity index (χ4n) is 5.03. The summed E-state index contributed by atoms with van der Waals surface area (Å²) in [4.78, 5) is 21.5.